The molecule has 122 valence electrons. The number of nitrogens with zero attached hydrogens (tertiary/aromatic N) is 1. The second-order valence-corrected chi connectivity index (χ2v) is 5.44. The van der Waals surface area contributed by atoms with Gasteiger partial charge in [0.25, 0.3) is 0 Å². The Morgan fingerprint density at radius 3 is 2.83 bits per heavy atom. The number of aliphatic hydroxyl groups excluding tert-OH is 1. The molecule has 5 heteroatoms. The maximum Gasteiger partial charge on any atom is 0.220 e. The molecule has 1 aromatic carbocycles. The van der Waals surface area contributed by atoms with Crippen molar-refractivity contribution in [3.05, 3.63) is 59.9 Å². The molecule has 1 aromatic heterocycles. The summed E-state index contributed by atoms with van der Waals surface area (Å²) in [5, 5.41) is 12.6. The zero-order chi connectivity index (χ0) is 16.5. The number of ether oxygens (including phenoxy) is 1. The molecular formula is C18H22N2O3. The molecule has 2 rings (SSSR count). The van der Waals surface area contributed by atoms with Gasteiger partial charge in [-0.1, -0.05) is 12.1 Å². The van der Waals surface area contributed by atoms with E-state index in [1.54, 1.807) is 12.4 Å². The van der Waals surface area contributed by atoms with E-state index in [9.17, 15) is 9.90 Å². The second-order valence-electron chi connectivity index (χ2n) is 5.44. The second kappa shape index (κ2) is 8.90. The third kappa shape index (κ3) is 6.48. The van der Waals surface area contributed by atoms with E-state index < -0.39 is 6.10 Å². The van der Waals surface area contributed by atoms with Gasteiger partial charge in [-0.3, -0.25) is 9.78 Å². The first-order valence-corrected chi connectivity index (χ1v) is 7.66. The first-order chi connectivity index (χ1) is 11.1. The van der Waals surface area contributed by atoms with Crippen LogP contribution in [-0.4, -0.2) is 35.3 Å². The molecule has 1 unspecified atom stereocenters. The first kappa shape index (κ1) is 17.0. The highest BCUT2D eigenvalue weighted by atomic mass is 16.5. The highest BCUT2D eigenvalue weighted by molar-refractivity contribution is 5.76. The van der Waals surface area contributed by atoms with E-state index in [1.807, 2.05) is 43.3 Å². The predicted molar refractivity (Wildman–Crippen MR) is 88.2 cm³/mol. The van der Waals surface area contributed by atoms with Crippen LogP contribution in [0.25, 0.3) is 0 Å². The van der Waals surface area contributed by atoms with Gasteiger partial charge in [-0.05, 0) is 48.7 Å². The van der Waals surface area contributed by atoms with Gasteiger partial charge in [0.05, 0.1) is 0 Å². The van der Waals surface area contributed by atoms with Crippen molar-refractivity contribution in [2.75, 3.05) is 13.2 Å². The molecule has 0 aliphatic carbocycles. The number of pyridine rings is 1. The van der Waals surface area contributed by atoms with Crippen molar-refractivity contribution in [2.45, 2.75) is 25.9 Å². The Hall–Kier alpha value is -2.40. The first-order valence-electron chi connectivity index (χ1n) is 7.66. The van der Waals surface area contributed by atoms with Gasteiger partial charge < -0.3 is 15.2 Å². The Bertz CT molecular complexity index is 617. The standard InChI is InChI=1S/C18H22N2O3/c1-14-3-2-4-17(11-14)23-13-16(21)12-20-18(22)6-5-15-7-9-19-10-8-15/h2-4,7-11,16,21H,5-6,12-13H2,1H3,(H,20,22). The van der Waals surface area contributed by atoms with E-state index in [1.165, 1.54) is 0 Å². The van der Waals surface area contributed by atoms with Crippen molar-refractivity contribution in [2.24, 2.45) is 0 Å². The maximum atomic E-state index is 11.8. The van der Waals surface area contributed by atoms with Crippen molar-refractivity contribution >= 4 is 5.91 Å². The minimum absolute atomic E-state index is 0.0867. The molecule has 0 radical (unpaired) electrons. The highest BCUT2D eigenvalue weighted by Crippen LogP contribution is 2.12. The van der Waals surface area contributed by atoms with E-state index in [0.717, 1.165) is 11.1 Å². The van der Waals surface area contributed by atoms with Gasteiger partial charge in [0.1, 0.15) is 18.5 Å². The van der Waals surface area contributed by atoms with E-state index >= 15 is 0 Å². The van der Waals surface area contributed by atoms with Gasteiger partial charge in [0.2, 0.25) is 5.91 Å². The molecule has 2 aromatic rings. The van der Waals surface area contributed by atoms with Crippen molar-refractivity contribution in [1.82, 2.24) is 10.3 Å². The fraction of sp³-hybridized carbons (Fsp3) is 0.333. The number of aromatic nitrogens is 1. The Labute approximate surface area is 136 Å². The lowest BCUT2D eigenvalue weighted by atomic mass is 10.1. The van der Waals surface area contributed by atoms with Crippen molar-refractivity contribution in [3.63, 3.8) is 0 Å². The fourth-order valence-corrected chi connectivity index (χ4v) is 2.08. The molecule has 1 heterocycles. The summed E-state index contributed by atoms with van der Waals surface area (Å²) in [4.78, 5) is 15.7. The van der Waals surface area contributed by atoms with Crippen LogP contribution < -0.4 is 10.1 Å². The van der Waals surface area contributed by atoms with Crippen molar-refractivity contribution in [1.29, 1.82) is 0 Å². The minimum atomic E-state index is -0.736. The number of rotatable bonds is 8. The molecule has 0 aliphatic rings. The van der Waals surface area contributed by atoms with Crippen molar-refractivity contribution in [3.8, 4) is 5.75 Å². The SMILES string of the molecule is Cc1cccc(OCC(O)CNC(=O)CCc2ccncc2)c1. The fourth-order valence-electron chi connectivity index (χ4n) is 2.08. The number of aryl methyl sites for hydroxylation is 2. The van der Waals surface area contributed by atoms with Crippen LogP contribution in [-0.2, 0) is 11.2 Å². The minimum Gasteiger partial charge on any atom is -0.491 e. The lowest BCUT2D eigenvalue weighted by Gasteiger charge is -2.13. The predicted octanol–water partition coefficient (Wildman–Crippen LogP) is 1.88. The third-order valence-corrected chi connectivity index (χ3v) is 3.36. The van der Waals surface area contributed by atoms with E-state index in [4.69, 9.17) is 4.74 Å². The largest absolute Gasteiger partial charge is 0.491 e. The Morgan fingerprint density at radius 2 is 2.09 bits per heavy atom. The Kier molecular flexibility index (Phi) is 6.56. The van der Waals surface area contributed by atoms with Crippen LogP contribution in [0.15, 0.2) is 48.8 Å². The summed E-state index contributed by atoms with van der Waals surface area (Å²) in [6, 6.07) is 11.4. The van der Waals surface area contributed by atoms with Crippen LogP contribution in [0.3, 0.4) is 0 Å². The lowest BCUT2D eigenvalue weighted by molar-refractivity contribution is -0.121. The molecule has 0 saturated carbocycles. The molecule has 2 N–H and O–H groups in total. The lowest BCUT2D eigenvalue weighted by Crippen LogP contribution is -2.35. The number of carbonyl (C=O) groups is 1. The summed E-state index contributed by atoms with van der Waals surface area (Å²) in [5.74, 6) is 0.629. The summed E-state index contributed by atoms with van der Waals surface area (Å²) < 4.78 is 5.50. The maximum absolute atomic E-state index is 11.8. The molecule has 0 spiro atoms. The Morgan fingerprint density at radius 1 is 1.30 bits per heavy atom. The third-order valence-electron chi connectivity index (χ3n) is 3.36. The molecule has 5 nitrogen and oxygen atoms in total. The molecule has 0 saturated heterocycles. The molecule has 1 atom stereocenters. The summed E-state index contributed by atoms with van der Waals surface area (Å²) in [5.41, 5.74) is 2.17. The van der Waals surface area contributed by atoms with Crippen molar-refractivity contribution < 1.29 is 14.6 Å². The van der Waals surface area contributed by atoms with Gasteiger partial charge in [-0.25, -0.2) is 0 Å². The number of carbonyl (C=O) groups excluding carboxylic acids is 1. The topological polar surface area (TPSA) is 71.5 Å². The Balaban J connectivity index is 1.63. The summed E-state index contributed by atoms with van der Waals surface area (Å²) in [7, 11) is 0. The zero-order valence-corrected chi connectivity index (χ0v) is 13.2. The van der Waals surface area contributed by atoms with Gasteiger partial charge in [-0.2, -0.15) is 0 Å². The normalized spacial score (nSPS) is 11.7. The molecular weight excluding hydrogens is 292 g/mol. The van der Waals surface area contributed by atoms with Gasteiger partial charge in [0.15, 0.2) is 0 Å². The smallest absolute Gasteiger partial charge is 0.220 e. The van der Waals surface area contributed by atoms with E-state index in [-0.39, 0.29) is 19.1 Å². The van der Waals surface area contributed by atoms with E-state index in [0.29, 0.717) is 18.6 Å². The van der Waals surface area contributed by atoms with Gasteiger partial charge in [-0.15, -0.1) is 0 Å². The highest BCUT2D eigenvalue weighted by Gasteiger charge is 2.08. The number of hydrogen-bond donors (Lipinski definition) is 2. The number of amides is 1. The van der Waals surface area contributed by atoms with Gasteiger partial charge >= 0.3 is 0 Å². The van der Waals surface area contributed by atoms with Crippen LogP contribution in [0.1, 0.15) is 17.5 Å². The average Bonchev–Trinajstić information content (AvgIpc) is 2.57. The number of hydrogen-bond acceptors (Lipinski definition) is 4. The van der Waals surface area contributed by atoms with Crippen LogP contribution in [0.5, 0.6) is 5.75 Å². The molecule has 23 heavy (non-hydrogen) atoms. The summed E-state index contributed by atoms with van der Waals surface area (Å²) in [6.45, 7) is 2.31. The zero-order valence-electron chi connectivity index (χ0n) is 13.2. The summed E-state index contributed by atoms with van der Waals surface area (Å²) in [6.07, 6.45) is 3.72. The van der Waals surface area contributed by atoms with Crippen LogP contribution in [0, 0.1) is 6.92 Å². The molecule has 0 aliphatic heterocycles. The van der Waals surface area contributed by atoms with E-state index in [2.05, 4.69) is 10.3 Å². The number of benzene rings is 1. The van der Waals surface area contributed by atoms with Crippen LogP contribution in [0.2, 0.25) is 0 Å². The molecule has 0 fully saturated rings. The monoisotopic (exact) mass is 314 g/mol. The summed E-state index contributed by atoms with van der Waals surface area (Å²) >= 11 is 0. The molecule has 0 bridgehead atoms. The number of nitrogens with one attached hydrogen (secondary N) is 1. The molecule has 1 amide bonds. The number of aliphatic hydroxyl groups is 1. The van der Waals surface area contributed by atoms with Crippen LogP contribution >= 0.6 is 0 Å². The van der Waals surface area contributed by atoms with Gasteiger partial charge in [0, 0.05) is 25.4 Å². The average molecular weight is 314 g/mol. The quantitative estimate of drug-likeness (QED) is 0.780. The van der Waals surface area contributed by atoms with Crippen LogP contribution in [0.4, 0.5) is 0 Å².